The molecule has 0 aromatic carbocycles. The summed E-state index contributed by atoms with van der Waals surface area (Å²) in [6.07, 6.45) is 3.71. The number of nitrogens with two attached hydrogens (primary N) is 1. The van der Waals surface area contributed by atoms with Crippen molar-refractivity contribution in [3.63, 3.8) is 0 Å². The minimum absolute atomic E-state index is 0.339. The van der Waals surface area contributed by atoms with Crippen molar-refractivity contribution in [1.29, 1.82) is 0 Å². The Bertz CT molecular complexity index is 561. The first-order valence-corrected chi connectivity index (χ1v) is 6.30. The largest absolute Gasteiger partial charge is 0.465 e. The van der Waals surface area contributed by atoms with E-state index >= 15 is 0 Å². The van der Waals surface area contributed by atoms with Gasteiger partial charge in [0.05, 0.1) is 17.5 Å². The van der Waals surface area contributed by atoms with Gasteiger partial charge in [0.15, 0.2) is 0 Å². The van der Waals surface area contributed by atoms with E-state index in [1.54, 1.807) is 35.6 Å². The molecule has 2 rings (SSSR count). The van der Waals surface area contributed by atoms with Gasteiger partial charge in [0.25, 0.3) is 5.91 Å². The van der Waals surface area contributed by atoms with Crippen molar-refractivity contribution in [2.24, 2.45) is 12.9 Å². The van der Waals surface area contributed by atoms with Crippen molar-refractivity contribution < 1.29 is 9.21 Å². The van der Waals surface area contributed by atoms with Crippen LogP contribution in [0.3, 0.4) is 0 Å². The molecule has 18 heavy (non-hydrogen) atoms. The predicted octanol–water partition coefficient (Wildman–Crippen LogP) is 1.22. The average Bonchev–Trinajstić information content (AvgIpc) is 2.92. The molecule has 0 saturated carbocycles. The highest BCUT2D eigenvalue weighted by atomic mass is 32.2. The van der Waals surface area contributed by atoms with Crippen LogP contribution in [0.4, 0.5) is 0 Å². The van der Waals surface area contributed by atoms with E-state index in [4.69, 9.17) is 10.3 Å². The van der Waals surface area contributed by atoms with Gasteiger partial charge in [0.2, 0.25) is 0 Å². The van der Waals surface area contributed by atoms with Gasteiger partial charge in [0, 0.05) is 18.1 Å². The van der Waals surface area contributed by atoms with Crippen LogP contribution >= 0.6 is 11.8 Å². The van der Waals surface area contributed by atoms with E-state index < -0.39 is 0 Å². The Balaban J connectivity index is 2.04. The fourth-order valence-electron chi connectivity index (χ4n) is 1.55. The smallest absolute Gasteiger partial charge is 0.268 e. The number of furan rings is 1. The summed E-state index contributed by atoms with van der Waals surface area (Å²) in [5, 5.41) is 4.08. The molecule has 0 atom stereocenters. The number of aromatic nitrogens is 2. The van der Waals surface area contributed by atoms with Gasteiger partial charge < -0.3 is 4.42 Å². The van der Waals surface area contributed by atoms with Crippen molar-refractivity contribution in [1.82, 2.24) is 15.2 Å². The molecule has 1 amide bonds. The molecule has 0 saturated heterocycles. The third kappa shape index (κ3) is 2.74. The maximum absolute atomic E-state index is 11.4. The molecule has 0 aliphatic rings. The van der Waals surface area contributed by atoms with E-state index in [-0.39, 0.29) is 5.91 Å². The molecule has 7 heteroatoms. The van der Waals surface area contributed by atoms with Crippen LogP contribution in [0, 0.1) is 6.92 Å². The molecule has 0 fully saturated rings. The molecule has 2 heterocycles. The van der Waals surface area contributed by atoms with Crippen LogP contribution in [0.25, 0.3) is 0 Å². The number of nitrogen functional groups attached to an aromatic ring is 1. The molecule has 0 aliphatic carbocycles. The monoisotopic (exact) mass is 266 g/mol. The van der Waals surface area contributed by atoms with E-state index in [0.717, 1.165) is 10.7 Å². The number of carbonyl (C=O) groups excluding carboxylic acids is 1. The standard InChI is InChI=1S/C11H14N4O2S/c1-7-10(11(16)14-12)3-8(17-7)6-18-9-4-13-15(2)5-9/h3-5H,6,12H2,1-2H3,(H,14,16). The van der Waals surface area contributed by atoms with Gasteiger partial charge in [-0.2, -0.15) is 5.10 Å². The third-order valence-electron chi connectivity index (χ3n) is 2.41. The van der Waals surface area contributed by atoms with Gasteiger partial charge in [-0.25, -0.2) is 5.84 Å². The first-order chi connectivity index (χ1) is 8.60. The molecule has 0 spiro atoms. The average molecular weight is 266 g/mol. The predicted molar refractivity (Wildman–Crippen MR) is 67.9 cm³/mol. The first-order valence-electron chi connectivity index (χ1n) is 5.32. The lowest BCUT2D eigenvalue weighted by Crippen LogP contribution is -2.30. The number of hydrogen-bond acceptors (Lipinski definition) is 5. The topological polar surface area (TPSA) is 86.1 Å². The number of thioether (sulfide) groups is 1. The van der Waals surface area contributed by atoms with Gasteiger partial charge in [-0.05, 0) is 13.0 Å². The molecular formula is C11H14N4O2S. The summed E-state index contributed by atoms with van der Waals surface area (Å²) in [5.74, 6) is 6.70. The summed E-state index contributed by atoms with van der Waals surface area (Å²) < 4.78 is 7.24. The van der Waals surface area contributed by atoms with Crippen molar-refractivity contribution in [2.45, 2.75) is 17.6 Å². The van der Waals surface area contributed by atoms with Crippen LogP contribution in [-0.2, 0) is 12.8 Å². The third-order valence-corrected chi connectivity index (χ3v) is 3.38. The molecule has 0 radical (unpaired) electrons. The summed E-state index contributed by atoms with van der Waals surface area (Å²) >= 11 is 1.60. The Labute approximate surface area is 108 Å². The summed E-state index contributed by atoms with van der Waals surface area (Å²) in [5.41, 5.74) is 2.57. The van der Waals surface area contributed by atoms with Crippen LogP contribution < -0.4 is 11.3 Å². The van der Waals surface area contributed by atoms with Crippen LogP contribution in [0.5, 0.6) is 0 Å². The maximum atomic E-state index is 11.4. The fraction of sp³-hybridized carbons (Fsp3) is 0.273. The van der Waals surface area contributed by atoms with E-state index in [9.17, 15) is 4.79 Å². The zero-order valence-corrected chi connectivity index (χ0v) is 11.0. The molecule has 0 bridgehead atoms. The highest BCUT2D eigenvalue weighted by Gasteiger charge is 2.14. The van der Waals surface area contributed by atoms with Crippen LogP contribution in [-0.4, -0.2) is 15.7 Å². The van der Waals surface area contributed by atoms with Gasteiger partial charge in [-0.3, -0.25) is 14.9 Å². The van der Waals surface area contributed by atoms with E-state index in [2.05, 4.69) is 10.5 Å². The van der Waals surface area contributed by atoms with Crippen LogP contribution in [0.2, 0.25) is 0 Å². The molecule has 0 aliphatic heterocycles. The lowest BCUT2D eigenvalue weighted by molar-refractivity contribution is 0.0952. The lowest BCUT2D eigenvalue weighted by Gasteiger charge is -1.93. The molecule has 0 unspecified atom stereocenters. The highest BCUT2D eigenvalue weighted by Crippen LogP contribution is 2.24. The zero-order valence-electron chi connectivity index (χ0n) is 10.1. The lowest BCUT2D eigenvalue weighted by atomic mass is 10.2. The number of hydrazine groups is 1. The summed E-state index contributed by atoms with van der Waals surface area (Å²) in [6, 6.07) is 1.71. The Hall–Kier alpha value is -1.73. The minimum Gasteiger partial charge on any atom is -0.465 e. The van der Waals surface area contributed by atoms with Crippen LogP contribution in [0.1, 0.15) is 21.9 Å². The number of aryl methyl sites for hydroxylation is 2. The zero-order chi connectivity index (χ0) is 13.1. The summed E-state index contributed by atoms with van der Waals surface area (Å²) in [6.45, 7) is 1.74. The quantitative estimate of drug-likeness (QED) is 0.376. The number of hydrogen-bond donors (Lipinski definition) is 2. The Morgan fingerprint density at radius 3 is 3.06 bits per heavy atom. The molecule has 3 N–H and O–H groups in total. The van der Waals surface area contributed by atoms with E-state index in [1.807, 2.05) is 13.2 Å². The number of nitrogens with one attached hydrogen (secondary N) is 1. The van der Waals surface area contributed by atoms with Gasteiger partial charge in [0.1, 0.15) is 11.5 Å². The van der Waals surface area contributed by atoms with Gasteiger partial charge in [-0.1, -0.05) is 0 Å². The molecular weight excluding hydrogens is 252 g/mol. The van der Waals surface area contributed by atoms with Crippen molar-refractivity contribution in [2.75, 3.05) is 0 Å². The van der Waals surface area contributed by atoms with Crippen LogP contribution in [0.15, 0.2) is 27.8 Å². The van der Waals surface area contributed by atoms with Gasteiger partial charge in [-0.15, -0.1) is 11.8 Å². The SMILES string of the molecule is Cc1oc(CSc2cnn(C)c2)cc1C(=O)NN. The normalized spacial score (nSPS) is 10.6. The Morgan fingerprint density at radius 1 is 1.67 bits per heavy atom. The molecule has 2 aromatic heterocycles. The first kappa shape index (κ1) is 12.7. The number of nitrogens with zero attached hydrogens (tertiary/aromatic N) is 2. The highest BCUT2D eigenvalue weighted by molar-refractivity contribution is 7.98. The summed E-state index contributed by atoms with van der Waals surface area (Å²) in [4.78, 5) is 12.5. The minimum atomic E-state index is -0.339. The van der Waals surface area contributed by atoms with E-state index in [0.29, 0.717) is 17.1 Å². The maximum Gasteiger partial charge on any atom is 0.268 e. The molecule has 96 valence electrons. The van der Waals surface area contributed by atoms with Crippen molar-refractivity contribution in [3.8, 4) is 0 Å². The summed E-state index contributed by atoms with van der Waals surface area (Å²) in [7, 11) is 1.87. The molecule has 6 nitrogen and oxygen atoms in total. The number of rotatable bonds is 4. The second-order valence-corrected chi connectivity index (χ2v) is 4.84. The second kappa shape index (κ2) is 5.28. The van der Waals surface area contributed by atoms with Crippen molar-refractivity contribution in [3.05, 3.63) is 35.5 Å². The second-order valence-electron chi connectivity index (χ2n) is 3.79. The Morgan fingerprint density at radius 2 is 2.44 bits per heavy atom. The Kier molecular flexibility index (Phi) is 3.73. The fourth-order valence-corrected chi connectivity index (χ4v) is 2.35. The van der Waals surface area contributed by atoms with Gasteiger partial charge >= 0.3 is 0 Å². The van der Waals surface area contributed by atoms with Crippen molar-refractivity contribution >= 4 is 17.7 Å². The van der Waals surface area contributed by atoms with E-state index in [1.165, 1.54) is 0 Å². The number of amides is 1. The number of carbonyl (C=O) groups is 1. The molecule has 2 aromatic rings.